The molecule has 0 amide bonds. The Morgan fingerprint density at radius 3 is 2.86 bits per heavy atom. The van der Waals surface area contributed by atoms with Gasteiger partial charge in [-0.2, -0.15) is 0 Å². The molecule has 0 saturated carbocycles. The van der Waals surface area contributed by atoms with Crippen LogP contribution in [0.3, 0.4) is 0 Å². The number of hydrogen-bond donors (Lipinski definition) is 1. The lowest BCUT2D eigenvalue weighted by molar-refractivity contribution is 0.271. The van der Waals surface area contributed by atoms with Gasteiger partial charge < -0.3 is 10.1 Å². The van der Waals surface area contributed by atoms with E-state index in [0.29, 0.717) is 5.92 Å². The van der Waals surface area contributed by atoms with E-state index < -0.39 is 0 Å². The van der Waals surface area contributed by atoms with E-state index in [0.717, 1.165) is 36.3 Å². The van der Waals surface area contributed by atoms with Crippen molar-refractivity contribution < 1.29 is 4.74 Å². The van der Waals surface area contributed by atoms with Gasteiger partial charge >= 0.3 is 0 Å². The van der Waals surface area contributed by atoms with Crippen molar-refractivity contribution in [3.63, 3.8) is 0 Å². The Morgan fingerprint density at radius 1 is 1.19 bits per heavy atom. The van der Waals surface area contributed by atoms with E-state index in [9.17, 15) is 0 Å². The Balaban J connectivity index is 1.68. The summed E-state index contributed by atoms with van der Waals surface area (Å²) in [4.78, 5) is 0. The highest BCUT2D eigenvalue weighted by Gasteiger charge is 2.26. The number of rotatable bonds is 6. The quantitative estimate of drug-likeness (QED) is 0.843. The van der Waals surface area contributed by atoms with Crippen molar-refractivity contribution in [2.24, 2.45) is 0 Å². The van der Waals surface area contributed by atoms with Crippen molar-refractivity contribution >= 4 is 15.9 Å². The molecule has 0 heterocycles. The second-order valence-electron chi connectivity index (χ2n) is 5.42. The molecule has 110 valence electrons. The number of fused-ring (bicyclic) bond motifs is 1. The van der Waals surface area contributed by atoms with Crippen molar-refractivity contribution in [3.8, 4) is 5.75 Å². The predicted octanol–water partition coefficient (Wildman–Crippen LogP) is 4.28. The molecule has 21 heavy (non-hydrogen) atoms. The highest BCUT2D eigenvalue weighted by Crippen LogP contribution is 2.36. The minimum atomic E-state index is 0.528. The van der Waals surface area contributed by atoms with Gasteiger partial charge in [0.1, 0.15) is 5.75 Å². The Labute approximate surface area is 134 Å². The van der Waals surface area contributed by atoms with Crippen LogP contribution in [0.15, 0.2) is 46.9 Å². The second kappa shape index (κ2) is 6.63. The molecule has 1 N–H and O–H groups in total. The first kappa shape index (κ1) is 14.6. The van der Waals surface area contributed by atoms with Crippen LogP contribution in [0.4, 0.5) is 0 Å². The molecule has 1 aliphatic rings. The standard InChI is InChI=1S/C18H20BrNO/c1-2-20-11-14-7-5-9-17(19)18(14)21-12-15-10-13-6-3-4-8-16(13)15/h3-9,15,20H,2,10-12H2,1H3. The molecular formula is C18H20BrNO. The zero-order valence-corrected chi connectivity index (χ0v) is 13.8. The average molecular weight is 346 g/mol. The summed E-state index contributed by atoms with van der Waals surface area (Å²) in [5, 5.41) is 3.36. The van der Waals surface area contributed by atoms with Crippen LogP contribution in [0.1, 0.15) is 29.5 Å². The number of para-hydroxylation sites is 1. The van der Waals surface area contributed by atoms with E-state index in [4.69, 9.17) is 4.74 Å². The lowest BCUT2D eigenvalue weighted by Crippen LogP contribution is -2.23. The van der Waals surface area contributed by atoms with E-state index in [-0.39, 0.29) is 0 Å². The number of hydrogen-bond acceptors (Lipinski definition) is 2. The van der Waals surface area contributed by atoms with Crippen LogP contribution in [0.25, 0.3) is 0 Å². The summed E-state index contributed by atoms with van der Waals surface area (Å²) >= 11 is 3.61. The van der Waals surface area contributed by atoms with Crippen LogP contribution in [0.5, 0.6) is 5.75 Å². The average Bonchev–Trinajstić information content (AvgIpc) is 2.48. The fourth-order valence-electron chi connectivity index (χ4n) is 2.81. The third-order valence-corrected chi connectivity index (χ3v) is 4.63. The molecule has 2 nitrogen and oxygen atoms in total. The molecule has 0 fully saturated rings. The van der Waals surface area contributed by atoms with Gasteiger partial charge in [0, 0.05) is 18.0 Å². The molecule has 2 aromatic rings. The molecule has 1 unspecified atom stereocenters. The fourth-order valence-corrected chi connectivity index (χ4v) is 3.33. The first-order valence-corrected chi connectivity index (χ1v) is 8.27. The summed E-state index contributed by atoms with van der Waals surface area (Å²) in [5.74, 6) is 1.50. The van der Waals surface area contributed by atoms with Gasteiger partial charge in [-0.15, -0.1) is 0 Å². The minimum Gasteiger partial charge on any atom is -0.491 e. The van der Waals surface area contributed by atoms with Gasteiger partial charge in [0.15, 0.2) is 0 Å². The third-order valence-electron chi connectivity index (χ3n) is 4.00. The summed E-state index contributed by atoms with van der Waals surface area (Å²) in [7, 11) is 0. The molecule has 0 aliphatic heterocycles. The lowest BCUT2D eigenvalue weighted by atomic mass is 9.78. The number of halogens is 1. The van der Waals surface area contributed by atoms with Crippen LogP contribution in [0, 0.1) is 0 Å². The maximum absolute atomic E-state index is 6.14. The number of ether oxygens (including phenoxy) is 1. The molecule has 0 radical (unpaired) electrons. The second-order valence-corrected chi connectivity index (χ2v) is 6.27. The first-order valence-electron chi connectivity index (χ1n) is 7.48. The van der Waals surface area contributed by atoms with E-state index in [2.05, 4.69) is 64.6 Å². The van der Waals surface area contributed by atoms with Crippen LogP contribution >= 0.6 is 15.9 Å². The zero-order chi connectivity index (χ0) is 14.7. The SMILES string of the molecule is CCNCc1cccc(Br)c1OCC1Cc2ccccc21. The molecule has 3 heteroatoms. The number of nitrogens with one attached hydrogen (secondary N) is 1. The summed E-state index contributed by atoms with van der Waals surface area (Å²) < 4.78 is 7.17. The smallest absolute Gasteiger partial charge is 0.137 e. The molecule has 0 bridgehead atoms. The summed E-state index contributed by atoms with van der Waals surface area (Å²) in [6, 6.07) is 14.9. The molecule has 0 saturated heterocycles. The summed E-state index contributed by atoms with van der Waals surface area (Å²) in [6.45, 7) is 4.66. The molecule has 3 rings (SSSR count). The van der Waals surface area contributed by atoms with Gasteiger partial charge in [-0.1, -0.05) is 43.3 Å². The zero-order valence-electron chi connectivity index (χ0n) is 12.2. The van der Waals surface area contributed by atoms with Crippen LogP contribution in [-0.4, -0.2) is 13.2 Å². The monoisotopic (exact) mass is 345 g/mol. The van der Waals surface area contributed by atoms with Crippen LogP contribution < -0.4 is 10.1 Å². The maximum Gasteiger partial charge on any atom is 0.137 e. The Hall–Kier alpha value is -1.32. The van der Waals surface area contributed by atoms with Gasteiger partial charge in [0.05, 0.1) is 11.1 Å². The van der Waals surface area contributed by atoms with Crippen molar-refractivity contribution in [1.29, 1.82) is 0 Å². The highest BCUT2D eigenvalue weighted by molar-refractivity contribution is 9.10. The molecule has 0 spiro atoms. The molecule has 0 aromatic heterocycles. The first-order chi connectivity index (χ1) is 10.3. The molecule has 1 atom stereocenters. The molecular weight excluding hydrogens is 326 g/mol. The molecule has 1 aliphatic carbocycles. The van der Waals surface area contributed by atoms with Crippen LogP contribution in [-0.2, 0) is 13.0 Å². The largest absolute Gasteiger partial charge is 0.491 e. The van der Waals surface area contributed by atoms with Crippen molar-refractivity contribution in [2.75, 3.05) is 13.2 Å². The molecule has 2 aromatic carbocycles. The summed E-state index contributed by atoms with van der Waals surface area (Å²) in [6.07, 6.45) is 1.13. The normalized spacial score (nSPS) is 16.2. The highest BCUT2D eigenvalue weighted by atomic mass is 79.9. The Morgan fingerprint density at radius 2 is 2.05 bits per heavy atom. The van der Waals surface area contributed by atoms with Gasteiger partial charge in [-0.05, 0) is 46.1 Å². The van der Waals surface area contributed by atoms with E-state index in [1.54, 1.807) is 0 Å². The van der Waals surface area contributed by atoms with Crippen LogP contribution in [0.2, 0.25) is 0 Å². The van der Waals surface area contributed by atoms with Gasteiger partial charge in [0.25, 0.3) is 0 Å². The van der Waals surface area contributed by atoms with Crippen molar-refractivity contribution in [3.05, 3.63) is 63.6 Å². The van der Waals surface area contributed by atoms with Gasteiger partial charge in [-0.3, -0.25) is 0 Å². The lowest BCUT2D eigenvalue weighted by Gasteiger charge is -2.30. The third kappa shape index (κ3) is 3.14. The van der Waals surface area contributed by atoms with E-state index >= 15 is 0 Å². The minimum absolute atomic E-state index is 0.528. The van der Waals surface area contributed by atoms with Gasteiger partial charge in [0.2, 0.25) is 0 Å². The van der Waals surface area contributed by atoms with E-state index in [1.165, 1.54) is 16.7 Å². The Kier molecular flexibility index (Phi) is 4.61. The van der Waals surface area contributed by atoms with E-state index in [1.807, 2.05) is 6.07 Å². The topological polar surface area (TPSA) is 21.3 Å². The van der Waals surface area contributed by atoms with Crippen molar-refractivity contribution in [2.45, 2.75) is 25.8 Å². The van der Waals surface area contributed by atoms with Gasteiger partial charge in [-0.25, -0.2) is 0 Å². The predicted molar refractivity (Wildman–Crippen MR) is 89.9 cm³/mol. The maximum atomic E-state index is 6.14. The number of benzene rings is 2. The fraction of sp³-hybridized carbons (Fsp3) is 0.333. The Bertz CT molecular complexity index is 626. The summed E-state index contributed by atoms with van der Waals surface area (Å²) in [5.41, 5.74) is 4.11. The van der Waals surface area contributed by atoms with Crippen molar-refractivity contribution in [1.82, 2.24) is 5.32 Å².